The number of hydrogen-bond acceptors (Lipinski definition) is 4. The van der Waals surface area contributed by atoms with Crippen molar-refractivity contribution in [3.05, 3.63) is 23.8 Å². The maximum atomic E-state index is 11.6. The van der Waals surface area contributed by atoms with E-state index in [2.05, 4.69) is 18.7 Å². The first kappa shape index (κ1) is 13.7. The van der Waals surface area contributed by atoms with Crippen molar-refractivity contribution in [1.82, 2.24) is 0 Å². The number of esters is 1. The van der Waals surface area contributed by atoms with Gasteiger partial charge in [-0.25, -0.2) is 4.79 Å². The molecular formula is C15H22N2O2. The van der Waals surface area contributed by atoms with Crippen LogP contribution in [0.1, 0.15) is 37.0 Å². The fraction of sp³-hybridized carbons (Fsp3) is 0.533. The second-order valence-electron chi connectivity index (χ2n) is 5.54. The lowest BCUT2D eigenvalue weighted by atomic mass is 10.1. The number of nitrogens with two attached hydrogens (primary N) is 1. The van der Waals surface area contributed by atoms with E-state index in [1.807, 2.05) is 6.07 Å². The summed E-state index contributed by atoms with van der Waals surface area (Å²) < 4.78 is 4.77. The SMILES string of the molecule is COC(=O)c1ccc(N)c(N(CC(C)C)C2CC2)c1. The van der Waals surface area contributed by atoms with Crippen LogP contribution >= 0.6 is 0 Å². The molecule has 0 unspecified atom stereocenters. The first-order valence-corrected chi connectivity index (χ1v) is 6.77. The second-order valence-corrected chi connectivity index (χ2v) is 5.54. The Kier molecular flexibility index (Phi) is 3.98. The van der Waals surface area contributed by atoms with Gasteiger partial charge in [0.15, 0.2) is 0 Å². The molecular weight excluding hydrogens is 240 g/mol. The van der Waals surface area contributed by atoms with Gasteiger partial charge in [-0.05, 0) is 37.0 Å². The van der Waals surface area contributed by atoms with Crippen LogP contribution in [0.15, 0.2) is 18.2 Å². The molecule has 2 rings (SSSR count). The predicted octanol–water partition coefficient (Wildman–Crippen LogP) is 2.68. The Balaban J connectivity index is 2.32. The van der Waals surface area contributed by atoms with E-state index < -0.39 is 0 Å². The zero-order chi connectivity index (χ0) is 14.0. The highest BCUT2D eigenvalue weighted by molar-refractivity contribution is 5.92. The third-order valence-corrected chi connectivity index (χ3v) is 3.31. The van der Waals surface area contributed by atoms with Gasteiger partial charge in [0.05, 0.1) is 24.0 Å². The Bertz CT molecular complexity index is 467. The number of anilines is 2. The summed E-state index contributed by atoms with van der Waals surface area (Å²) in [6.07, 6.45) is 2.41. The molecule has 1 aromatic rings. The van der Waals surface area contributed by atoms with Crippen LogP contribution in [-0.4, -0.2) is 25.7 Å². The lowest BCUT2D eigenvalue weighted by Gasteiger charge is -2.28. The number of methoxy groups -OCH3 is 1. The predicted molar refractivity (Wildman–Crippen MR) is 77.4 cm³/mol. The van der Waals surface area contributed by atoms with Gasteiger partial charge < -0.3 is 15.4 Å². The average Bonchev–Trinajstić information content (AvgIpc) is 3.20. The summed E-state index contributed by atoms with van der Waals surface area (Å²) in [4.78, 5) is 14.0. The maximum Gasteiger partial charge on any atom is 0.337 e. The van der Waals surface area contributed by atoms with Crippen LogP contribution in [0.4, 0.5) is 11.4 Å². The van der Waals surface area contributed by atoms with Gasteiger partial charge in [-0.15, -0.1) is 0 Å². The summed E-state index contributed by atoms with van der Waals surface area (Å²) in [6, 6.07) is 5.92. The minimum atomic E-state index is -0.318. The summed E-state index contributed by atoms with van der Waals surface area (Å²) in [5.41, 5.74) is 8.32. The molecule has 104 valence electrons. The topological polar surface area (TPSA) is 55.6 Å². The van der Waals surface area contributed by atoms with Gasteiger partial charge in [0.2, 0.25) is 0 Å². The molecule has 0 aromatic heterocycles. The quantitative estimate of drug-likeness (QED) is 0.654. The van der Waals surface area contributed by atoms with Crippen molar-refractivity contribution in [2.75, 3.05) is 24.3 Å². The van der Waals surface area contributed by atoms with Gasteiger partial charge in [0, 0.05) is 12.6 Å². The Morgan fingerprint density at radius 1 is 1.47 bits per heavy atom. The lowest BCUT2D eigenvalue weighted by molar-refractivity contribution is 0.0601. The molecule has 0 bridgehead atoms. The number of rotatable bonds is 5. The van der Waals surface area contributed by atoms with Crippen LogP contribution < -0.4 is 10.6 Å². The first-order valence-electron chi connectivity index (χ1n) is 6.77. The second kappa shape index (κ2) is 5.51. The van der Waals surface area contributed by atoms with Crippen molar-refractivity contribution < 1.29 is 9.53 Å². The number of carbonyl (C=O) groups is 1. The third kappa shape index (κ3) is 3.19. The van der Waals surface area contributed by atoms with Gasteiger partial charge >= 0.3 is 5.97 Å². The first-order chi connectivity index (χ1) is 9.02. The number of nitrogen functional groups attached to an aromatic ring is 1. The van der Waals surface area contributed by atoms with E-state index in [1.165, 1.54) is 20.0 Å². The molecule has 0 heterocycles. The van der Waals surface area contributed by atoms with Gasteiger partial charge in [0.1, 0.15) is 0 Å². The summed E-state index contributed by atoms with van der Waals surface area (Å²) in [7, 11) is 1.39. The molecule has 1 aromatic carbocycles. The molecule has 0 aliphatic heterocycles. The van der Waals surface area contributed by atoms with E-state index in [9.17, 15) is 4.79 Å². The molecule has 0 amide bonds. The smallest absolute Gasteiger partial charge is 0.337 e. The molecule has 1 fully saturated rings. The number of hydrogen-bond donors (Lipinski definition) is 1. The Morgan fingerprint density at radius 2 is 2.16 bits per heavy atom. The van der Waals surface area contributed by atoms with Crippen molar-refractivity contribution in [3.8, 4) is 0 Å². The highest BCUT2D eigenvalue weighted by atomic mass is 16.5. The molecule has 1 aliphatic rings. The number of ether oxygens (including phenoxy) is 1. The number of carbonyl (C=O) groups excluding carboxylic acids is 1. The Labute approximate surface area is 114 Å². The Morgan fingerprint density at radius 3 is 2.68 bits per heavy atom. The van der Waals surface area contributed by atoms with Crippen molar-refractivity contribution in [1.29, 1.82) is 0 Å². The van der Waals surface area contributed by atoms with Gasteiger partial charge in [-0.2, -0.15) is 0 Å². The number of benzene rings is 1. The summed E-state index contributed by atoms with van der Waals surface area (Å²) in [5, 5.41) is 0. The minimum absolute atomic E-state index is 0.318. The summed E-state index contributed by atoms with van der Waals surface area (Å²) in [6.45, 7) is 5.34. The van der Waals surface area contributed by atoms with Crippen LogP contribution in [0.5, 0.6) is 0 Å². The van der Waals surface area contributed by atoms with Crippen LogP contribution in [0.25, 0.3) is 0 Å². The molecule has 0 radical (unpaired) electrons. The molecule has 1 aliphatic carbocycles. The molecule has 0 saturated heterocycles. The van der Waals surface area contributed by atoms with Crippen LogP contribution in [0.3, 0.4) is 0 Å². The average molecular weight is 262 g/mol. The molecule has 2 N–H and O–H groups in total. The van der Waals surface area contributed by atoms with Crippen LogP contribution in [0.2, 0.25) is 0 Å². The molecule has 0 atom stereocenters. The lowest BCUT2D eigenvalue weighted by Crippen LogP contribution is -2.30. The highest BCUT2D eigenvalue weighted by Crippen LogP contribution is 2.36. The zero-order valence-electron chi connectivity index (χ0n) is 11.8. The fourth-order valence-electron chi connectivity index (χ4n) is 2.26. The van der Waals surface area contributed by atoms with Gasteiger partial charge in [-0.3, -0.25) is 0 Å². The van der Waals surface area contributed by atoms with E-state index in [1.54, 1.807) is 12.1 Å². The van der Waals surface area contributed by atoms with Gasteiger partial charge in [-0.1, -0.05) is 13.8 Å². The van der Waals surface area contributed by atoms with E-state index in [0.717, 1.165) is 17.9 Å². The van der Waals surface area contributed by atoms with E-state index in [4.69, 9.17) is 10.5 Å². The van der Waals surface area contributed by atoms with E-state index in [0.29, 0.717) is 17.5 Å². The normalized spacial score (nSPS) is 14.5. The monoisotopic (exact) mass is 262 g/mol. The van der Waals surface area contributed by atoms with Crippen molar-refractivity contribution in [3.63, 3.8) is 0 Å². The molecule has 1 saturated carbocycles. The maximum absolute atomic E-state index is 11.6. The van der Waals surface area contributed by atoms with Gasteiger partial charge in [0.25, 0.3) is 0 Å². The van der Waals surface area contributed by atoms with Crippen LogP contribution in [0, 0.1) is 5.92 Å². The van der Waals surface area contributed by atoms with Crippen molar-refractivity contribution in [2.24, 2.45) is 5.92 Å². The largest absolute Gasteiger partial charge is 0.465 e. The summed E-state index contributed by atoms with van der Waals surface area (Å²) in [5.74, 6) is 0.239. The fourth-order valence-corrected chi connectivity index (χ4v) is 2.26. The van der Waals surface area contributed by atoms with E-state index in [-0.39, 0.29) is 5.97 Å². The Hall–Kier alpha value is -1.71. The molecule has 19 heavy (non-hydrogen) atoms. The summed E-state index contributed by atoms with van der Waals surface area (Å²) >= 11 is 0. The molecule has 4 nitrogen and oxygen atoms in total. The molecule has 0 spiro atoms. The molecule has 4 heteroatoms. The highest BCUT2D eigenvalue weighted by Gasteiger charge is 2.31. The van der Waals surface area contributed by atoms with Crippen molar-refractivity contribution >= 4 is 17.3 Å². The van der Waals surface area contributed by atoms with Crippen molar-refractivity contribution in [2.45, 2.75) is 32.7 Å². The zero-order valence-corrected chi connectivity index (χ0v) is 11.8. The minimum Gasteiger partial charge on any atom is -0.465 e. The standard InChI is InChI=1S/C15H22N2O2/c1-10(2)9-17(12-5-6-12)14-8-11(15(18)19-3)4-7-13(14)16/h4,7-8,10,12H,5-6,9,16H2,1-3H3. The van der Waals surface area contributed by atoms with Crippen LogP contribution in [-0.2, 0) is 4.74 Å². The third-order valence-electron chi connectivity index (χ3n) is 3.31. The number of nitrogens with zero attached hydrogens (tertiary/aromatic N) is 1. The van der Waals surface area contributed by atoms with E-state index >= 15 is 0 Å².